The third-order valence-electron chi connectivity index (χ3n) is 3.79. The van der Waals surface area contributed by atoms with Gasteiger partial charge in [-0.15, -0.1) is 0 Å². The maximum atomic E-state index is 9.55. The van der Waals surface area contributed by atoms with Crippen LogP contribution in [0.15, 0.2) is 0 Å². The van der Waals surface area contributed by atoms with E-state index in [0.717, 1.165) is 6.42 Å². The van der Waals surface area contributed by atoms with E-state index in [9.17, 15) is 5.11 Å². The van der Waals surface area contributed by atoms with Gasteiger partial charge in [0.1, 0.15) is 0 Å². The van der Waals surface area contributed by atoms with Crippen LogP contribution < -0.4 is 0 Å². The molecule has 96 valence electrons. The zero-order chi connectivity index (χ0) is 12.2. The normalized spacial score (nSPS) is 29.1. The second-order valence-electron chi connectivity index (χ2n) is 6.19. The lowest BCUT2D eigenvalue weighted by atomic mass is 9.70. The van der Waals surface area contributed by atoms with Crippen LogP contribution in [-0.4, -0.2) is 23.9 Å². The average Bonchev–Trinajstić information content (AvgIpc) is 2.25. The molecule has 0 heterocycles. The van der Waals surface area contributed by atoms with Crippen LogP contribution in [0, 0.1) is 11.3 Å². The van der Waals surface area contributed by atoms with Crippen molar-refractivity contribution in [3.05, 3.63) is 0 Å². The molecule has 1 fully saturated rings. The minimum atomic E-state index is -0.289. The van der Waals surface area contributed by atoms with E-state index in [2.05, 4.69) is 20.8 Å². The van der Waals surface area contributed by atoms with Crippen LogP contribution in [0.1, 0.15) is 59.8 Å². The van der Waals surface area contributed by atoms with Gasteiger partial charge in [-0.1, -0.05) is 40.5 Å². The van der Waals surface area contributed by atoms with Crippen molar-refractivity contribution in [1.82, 2.24) is 0 Å². The fourth-order valence-electron chi connectivity index (χ4n) is 2.64. The van der Waals surface area contributed by atoms with E-state index in [1.54, 1.807) is 0 Å². The molecule has 0 radical (unpaired) electrons. The van der Waals surface area contributed by atoms with Gasteiger partial charge in [0.15, 0.2) is 0 Å². The molecule has 1 aliphatic carbocycles. The average molecular weight is 228 g/mol. The highest BCUT2D eigenvalue weighted by molar-refractivity contribution is 4.84. The Bertz CT molecular complexity index is 195. The van der Waals surface area contributed by atoms with Crippen molar-refractivity contribution < 1.29 is 9.84 Å². The quantitative estimate of drug-likeness (QED) is 0.799. The Morgan fingerprint density at radius 3 is 2.44 bits per heavy atom. The topological polar surface area (TPSA) is 29.5 Å². The Balaban J connectivity index is 2.47. The van der Waals surface area contributed by atoms with Crippen LogP contribution >= 0.6 is 0 Å². The Morgan fingerprint density at radius 1 is 1.25 bits per heavy atom. The highest BCUT2D eigenvalue weighted by atomic mass is 16.5. The summed E-state index contributed by atoms with van der Waals surface area (Å²) in [6.07, 6.45) is 5.90. The van der Waals surface area contributed by atoms with Crippen molar-refractivity contribution in [2.75, 3.05) is 6.61 Å². The minimum absolute atomic E-state index is 0.289. The molecule has 0 amide bonds. The van der Waals surface area contributed by atoms with Gasteiger partial charge in [-0.05, 0) is 30.6 Å². The van der Waals surface area contributed by atoms with Gasteiger partial charge in [-0.3, -0.25) is 0 Å². The van der Waals surface area contributed by atoms with Crippen LogP contribution in [0.25, 0.3) is 0 Å². The molecule has 1 N–H and O–H groups in total. The molecule has 1 rings (SSSR count). The van der Waals surface area contributed by atoms with Crippen molar-refractivity contribution in [2.24, 2.45) is 11.3 Å². The third-order valence-corrected chi connectivity index (χ3v) is 3.79. The summed E-state index contributed by atoms with van der Waals surface area (Å²) < 4.78 is 5.92. The SMILES string of the molecule is CC[C@@H](O)CO[C@H]1CCCC[C@@H]1C(C)(C)C. The molecule has 1 aliphatic rings. The molecule has 0 aliphatic heterocycles. The van der Waals surface area contributed by atoms with Gasteiger partial charge in [-0.2, -0.15) is 0 Å². The summed E-state index contributed by atoms with van der Waals surface area (Å²) in [7, 11) is 0. The number of rotatable bonds is 4. The summed E-state index contributed by atoms with van der Waals surface area (Å²) in [5.41, 5.74) is 0.322. The summed E-state index contributed by atoms with van der Waals surface area (Å²) in [6, 6.07) is 0. The Morgan fingerprint density at radius 2 is 1.88 bits per heavy atom. The van der Waals surface area contributed by atoms with E-state index in [1.807, 2.05) is 6.92 Å². The maximum Gasteiger partial charge on any atom is 0.0771 e. The largest absolute Gasteiger partial charge is 0.391 e. The monoisotopic (exact) mass is 228 g/mol. The maximum absolute atomic E-state index is 9.55. The van der Waals surface area contributed by atoms with Gasteiger partial charge in [0, 0.05) is 0 Å². The molecule has 2 heteroatoms. The van der Waals surface area contributed by atoms with E-state index in [4.69, 9.17) is 4.74 Å². The smallest absolute Gasteiger partial charge is 0.0771 e. The molecular weight excluding hydrogens is 200 g/mol. The van der Waals surface area contributed by atoms with E-state index in [1.165, 1.54) is 25.7 Å². The molecule has 16 heavy (non-hydrogen) atoms. The van der Waals surface area contributed by atoms with Gasteiger partial charge >= 0.3 is 0 Å². The molecule has 2 nitrogen and oxygen atoms in total. The lowest BCUT2D eigenvalue weighted by Gasteiger charge is -2.40. The van der Waals surface area contributed by atoms with Gasteiger partial charge in [-0.25, -0.2) is 0 Å². The first-order chi connectivity index (χ1) is 7.45. The van der Waals surface area contributed by atoms with Gasteiger partial charge in [0.05, 0.1) is 18.8 Å². The van der Waals surface area contributed by atoms with Gasteiger partial charge in [0.2, 0.25) is 0 Å². The number of hydrogen-bond donors (Lipinski definition) is 1. The van der Waals surface area contributed by atoms with Gasteiger partial charge in [0.25, 0.3) is 0 Å². The van der Waals surface area contributed by atoms with Crippen molar-refractivity contribution in [1.29, 1.82) is 0 Å². The first-order valence-electron chi connectivity index (χ1n) is 6.74. The molecule has 3 atom stereocenters. The molecule has 0 saturated heterocycles. The van der Waals surface area contributed by atoms with E-state index >= 15 is 0 Å². The highest BCUT2D eigenvalue weighted by Crippen LogP contribution is 2.39. The zero-order valence-corrected chi connectivity index (χ0v) is 11.3. The molecular formula is C14H28O2. The van der Waals surface area contributed by atoms with Gasteiger partial charge < -0.3 is 9.84 Å². The Hall–Kier alpha value is -0.0800. The summed E-state index contributed by atoms with van der Waals surface area (Å²) in [6.45, 7) is 9.41. The first kappa shape index (κ1) is 14.0. The standard InChI is InChI=1S/C14H28O2/c1-5-11(15)10-16-13-9-7-6-8-12(13)14(2,3)4/h11-13,15H,5-10H2,1-4H3/t11-,12+,13+/m1/s1. The fourth-order valence-corrected chi connectivity index (χ4v) is 2.64. The number of hydrogen-bond acceptors (Lipinski definition) is 2. The zero-order valence-electron chi connectivity index (χ0n) is 11.3. The third kappa shape index (κ3) is 4.06. The van der Waals surface area contributed by atoms with E-state index in [-0.39, 0.29) is 6.10 Å². The molecule has 0 spiro atoms. The molecule has 0 unspecified atom stereocenters. The van der Waals surface area contributed by atoms with Crippen molar-refractivity contribution in [3.63, 3.8) is 0 Å². The van der Waals surface area contributed by atoms with Crippen molar-refractivity contribution in [2.45, 2.75) is 72.0 Å². The Labute approximate surface area is 100 Å². The predicted molar refractivity (Wildman–Crippen MR) is 67.5 cm³/mol. The predicted octanol–water partition coefficient (Wildman–Crippen LogP) is 3.38. The summed E-state index contributed by atoms with van der Waals surface area (Å²) >= 11 is 0. The number of aliphatic hydroxyl groups is 1. The van der Waals surface area contributed by atoms with Crippen LogP contribution in [0.5, 0.6) is 0 Å². The highest BCUT2D eigenvalue weighted by Gasteiger charge is 2.34. The van der Waals surface area contributed by atoms with Crippen LogP contribution in [-0.2, 0) is 4.74 Å². The molecule has 0 aromatic heterocycles. The Kier molecular flexibility index (Phi) is 5.26. The van der Waals surface area contributed by atoms with E-state index in [0.29, 0.717) is 24.0 Å². The number of ether oxygens (including phenoxy) is 1. The van der Waals surface area contributed by atoms with Crippen molar-refractivity contribution in [3.8, 4) is 0 Å². The molecule has 0 aromatic rings. The first-order valence-corrected chi connectivity index (χ1v) is 6.74. The lowest BCUT2D eigenvalue weighted by molar-refractivity contribution is -0.0756. The van der Waals surface area contributed by atoms with Crippen LogP contribution in [0.3, 0.4) is 0 Å². The fraction of sp³-hybridized carbons (Fsp3) is 1.00. The van der Waals surface area contributed by atoms with Crippen LogP contribution in [0.2, 0.25) is 0 Å². The summed E-state index contributed by atoms with van der Waals surface area (Å²) in [5, 5.41) is 9.55. The molecule has 1 saturated carbocycles. The minimum Gasteiger partial charge on any atom is -0.391 e. The second-order valence-corrected chi connectivity index (χ2v) is 6.19. The molecule has 0 bridgehead atoms. The summed E-state index contributed by atoms with van der Waals surface area (Å²) in [5.74, 6) is 0.644. The second kappa shape index (κ2) is 6.02. The van der Waals surface area contributed by atoms with Crippen LogP contribution in [0.4, 0.5) is 0 Å². The number of aliphatic hydroxyl groups excluding tert-OH is 1. The molecule has 0 aromatic carbocycles. The van der Waals surface area contributed by atoms with E-state index < -0.39 is 0 Å². The van der Waals surface area contributed by atoms with Crippen molar-refractivity contribution >= 4 is 0 Å². The lowest BCUT2D eigenvalue weighted by Crippen LogP contribution is -2.38. The summed E-state index contributed by atoms with van der Waals surface area (Å²) in [4.78, 5) is 0.